The summed E-state index contributed by atoms with van der Waals surface area (Å²) < 4.78 is 70.0. The van der Waals surface area contributed by atoms with E-state index in [0.717, 1.165) is 46.2 Å². The number of phosphoric ester groups is 1. The number of esters is 1. The van der Waals surface area contributed by atoms with Gasteiger partial charge in [-0.15, -0.1) is 0 Å². The van der Waals surface area contributed by atoms with Gasteiger partial charge in [0.1, 0.15) is 18.8 Å². The fourth-order valence-electron chi connectivity index (χ4n) is 7.09. The van der Waals surface area contributed by atoms with Gasteiger partial charge in [0, 0.05) is 5.92 Å². The molecule has 61 heavy (non-hydrogen) atoms. The Kier molecular flexibility index (Phi) is 16.7. The summed E-state index contributed by atoms with van der Waals surface area (Å²) in [5, 5.41) is 0. The van der Waals surface area contributed by atoms with E-state index in [9.17, 15) is 14.2 Å². The Bertz CT molecular complexity index is 1980. The molecule has 13 heteroatoms. The van der Waals surface area contributed by atoms with Crippen molar-refractivity contribution in [3.05, 3.63) is 131 Å². The van der Waals surface area contributed by atoms with Crippen LogP contribution in [0.4, 0.5) is 4.79 Å². The number of benzene rings is 4. The molecule has 5 atom stereocenters. The average Bonchev–Trinajstić information content (AvgIpc) is 3.58. The zero-order chi connectivity index (χ0) is 43.2. The molecule has 1 aliphatic carbocycles. The lowest BCUT2D eigenvalue weighted by molar-refractivity contribution is -0.299. The molecule has 12 nitrogen and oxygen atoms in total. The van der Waals surface area contributed by atoms with Gasteiger partial charge in [-0.3, -0.25) is 18.4 Å². The number of hydrogen-bond acceptors (Lipinski definition) is 12. The van der Waals surface area contributed by atoms with Crippen molar-refractivity contribution in [1.82, 2.24) is 0 Å². The Balaban J connectivity index is 1.34. The van der Waals surface area contributed by atoms with Crippen molar-refractivity contribution >= 4 is 19.9 Å². The quantitative estimate of drug-likeness (QED) is 0.0448. The molecular formula is C48H59O12P. The van der Waals surface area contributed by atoms with Crippen LogP contribution >= 0.6 is 7.82 Å². The molecule has 4 aromatic rings. The molecule has 2 aliphatic rings. The molecule has 4 aromatic carbocycles. The second kappa shape index (κ2) is 22.1. The van der Waals surface area contributed by atoms with Gasteiger partial charge in [-0.25, -0.2) is 9.36 Å². The third-order valence-electron chi connectivity index (χ3n) is 10.4. The molecule has 0 bridgehead atoms. The van der Waals surface area contributed by atoms with E-state index in [-0.39, 0.29) is 45.6 Å². The molecule has 1 heterocycles. The van der Waals surface area contributed by atoms with Crippen LogP contribution in [0.25, 0.3) is 11.1 Å². The third kappa shape index (κ3) is 12.6. The molecular weight excluding hydrogens is 799 g/mol. The molecule has 6 rings (SSSR count). The highest BCUT2D eigenvalue weighted by atomic mass is 31.2. The van der Waals surface area contributed by atoms with Crippen LogP contribution in [0.3, 0.4) is 0 Å². The zero-order valence-corrected chi connectivity index (χ0v) is 36.7. The number of phosphoric acid groups is 1. The molecule has 0 spiro atoms. The summed E-state index contributed by atoms with van der Waals surface area (Å²) in [4.78, 5) is 27.8. The van der Waals surface area contributed by atoms with Crippen LogP contribution in [0.2, 0.25) is 0 Å². The third-order valence-corrected chi connectivity index (χ3v) is 11.9. The van der Waals surface area contributed by atoms with Crippen LogP contribution < -0.4 is 0 Å². The second-order valence-electron chi connectivity index (χ2n) is 16.2. The maximum Gasteiger partial charge on any atom is 0.508 e. The highest BCUT2D eigenvalue weighted by Gasteiger charge is 2.55. The Morgan fingerprint density at radius 2 is 1.20 bits per heavy atom. The van der Waals surface area contributed by atoms with Crippen molar-refractivity contribution in [2.45, 2.75) is 110 Å². The fourth-order valence-corrected chi connectivity index (χ4v) is 8.42. The van der Waals surface area contributed by atoms with E-state index < -0.39 is 56.1 Å². The predicted octanol–water partition coefficient (Wildman–Crippen LogP) is 10.6. The SMILES string of the molecule is CCCCOP(=O)(OCCCC)OC1O[C@H](COCc2ccccc2)[C@H](OC(=O)OCC2c3ccccc3-c3ccccc32)[C@H](OCc2ccccc2)[C@H]1OC(=O)C(C)(C)C. The summed E-state index contributed by atoms with van der Waals surface area (Å²) in [5.74, 6) is -0.860. The zero-order valence-electron chi connectivity index (χ0n) is 35.8. The van der Waals surface area contributed by atoms with E-state index in [1.807, 2.05) is 111 Å². The minimum Gasteiger partial charge on any atom is -0.454 e. The number of rotatable bonds is 21. The molecule has 0 aromatic heterocycles. The first-order valence-corrected chi connectivity index (χ1v) is 22.7. The summed E-state index contributed by atoms with van der Waals surface area (Å²) in [6.45, 7) is 9.29. The van der Waals surface area contributed by atoms with Gasteiger partial charge in [0.2, 0.25) is 6.29 Å². The summed E-state index contributed by atoms with van der Waals surface area (Å²) in [7, 11) is -4.34. The van der Waals surface area contributed by atoms with Crippen molar-refractivity contribution in [2.75, 3.05) is 26.4 Å². The molecule has 1 saturated heterocycles. The first-order valence-electron chi connectivity index (χ1n) is 21.2. The van der Waals surface area contributed by atoms with E-state index in [4.69, 9.17) is 42.0 Å². The summed E-state index contributed by atoms with van der Waals surface area (Å²) in [6, 6.07) is 35.0. The normalized spacial score (nSPS) is 20.1. The number of hydrogen-bond donors (Lipinski definition) is 0. The molecule has 0 amide bonds. The van der Waals surface area contributed by atoms with E-state index in [0.29, 0.717) is 12.8 Å². The van der Waals surface area contributed by atoms with Gasteiger partial charge in [-0.2, -0.15) is 0 Å². The molecule has 328 valence electrons. The van der Waals surface area contributed by atoms with Gasteiger partial charge in [0.25, 0.3) is 0 Å². The van der Waals surface area contributed by atoms with E-state index in [1.54, 1.807) is 20.8 Å². The minimum absolute atomic E-state index is 0.00724. The van der Waals surface area contributed by atoms with Crippen LogP contribution in [-0.2, 0) is 64.6 Å². The van der Waals surface area contributed by atoms with Crippen molar-refractivity contribution in [2.24, 2.45) is 5.41 Å². The van der Waals surface area contributed by atoms with Crippen molar-refractivity contribution < 1.29 is 56.1 Å². The largest absolute Gasteiger partial charge is 0.508 e. The van der Waals surface area contributed by atoms with Gasteiger partial charge in [0.05, 0.1) is 38.4 Å². The van der Waals surface area contributed by atoms with Crippen molar-refractivity contribution in [1.29, 1.82) is 0 Å². The van der Waals surface area contributed by atoms with Gasteiger partial charge in [0.15, 0.2) is 12.2 Å². The maximum absolute atomic E-state index is 14.4. The first-order chi connectivity index (χ1) is 29.5. The van der Waals surface area contributed by atoms with Gasteiger partial charge in [-0.05, 0) is 67.0 Å². The van der Waals surface area contributed by atoms with Crippen LogP contribution in [0, 0.1) is 5.41 Å². The van der Waals surface area contributed by atoms with Gasteiger partial charge in [-0.1, -0.05) is 136 Å². The molecule has 0 saturated carbocycles. The summed E-state index contributed by atoms with van der Waals surface area (Å²) in [6.07, 6.45) is -4.94. The number of carbonyl (C=O) groups excluding carboxylic acids is 2. The molecule has 1 unspecified atom stereocenters. The summed E-state index contributed by atoms with van der Waals surface area (Å²) in [5.41, 5.74) is 4.92. The fraction of sp³-hybridized carbons (Fsp3) is 0.458. The van der Waals surface area contributed by atoms with Gasteiger partial charge >= 0.3 is 19.9 Å². The minimum atomic E-state index is -4.34. The summed E-state index contributed by atoms with van der Waals surface area (Å²) >= 11 is 0. The Morgan fingerprint density at radius 3 is 1.75 bits per heavy atom. The molecule has 0 N–H and O–H groups in total. The Hall–Kier alpha value is -4.39. The molecule has 1 aliphatic heterocycles. The Morgan fingerprint density at radius 1 is 0.656 bits per heavy atom. The molecule has 1 fully saturated rings. The van der Waals surface area contributed by atoms with Crippen molar-refractivity contribution in [3.63, 3.8) is 0 Å². The lowest BCUT2D eigenvalue weighted by Gasteiger charge is -2.45. The van der Waals surface area contributed by atoms with Crippen molar-refractivity contribution in [3.8, 4) is 11.1 Å². The smallest absolute Gasteiger partial charge is 0.454 e. The van der Waals surface area contributed by atoms with Crippen LogP contribution in [0.1, 0.15) is 88.5 Å². The van der Waals surface area contributed by atoms with Gasteiger partial charge < -0.3 is 28.4 Å². The predicted molar refractivity (Wildman–Crippen MR) is 229 cm³/mol. The first kappa shape index (κ1) is 46.1. The van der Waals surface area contributed by atoms with E-state index >= 15 is 0 Å². The second-order valence-corrected chi connectivity index (χ2v) is 17.8. The molecule has 0 radical (unpaired) electrons. The van der Waals surface area contributed by atoms with Crippen LogP contribution in [0.15, 0.2) is 109 Å². The number of fused-ring (bicyclic) bond motifs is 3. The highest BCUT2D eigenvalue weighted by Crippen LogP contribution is 2.53. The average molecular weight is 859 g/mol. The number of unbranched alkanes of at least 4 members (excludes halogenated alkanes) is 2. The Labute approximate surface area is 359 Å². The van der Waals surface area contributed by atoms with E-state index in [2.05, 4.69) is 12.1 Å². The van der Waals surface area contributed by atoms with Crippen LogP contribution in [0.5, 0.6) is 0 Å². The highest BCUT2D eigenvalue weighted by molar-refractivity contribution is 7.48. The number of carbonyl (C=O) groups is 2. The van der Waals surface area contributed by atoms with E-state index in [1.165, 1.54) is 0 Å². The number of ether oxygens (including phenoxy) is 6. The topological polar surface area (TPSA) is 134 Å². The maximum atomic E-state index is 14.4. The lowest BCUT2D eigenvalue weighted by Crippen LogP contribution is -2.62. The van der Waals surface area contributed by atoms with Crippen LogP contribution in [-0.4, -0.2) is 69.3 Å². The standard InChI is InChI=1S/C48H59O12P/c1-6-8-28-55-61(51,56-29-9-7-2)60-45-44(58-46(49)48(3,4)5)43(53-31-35-22-14-11-15-23-35)42(41(57-45)33-52-30-34-20-12-10-13-21-34)59-47(50)54-32-40-38-26-18-16-24-36(38)37-25-17-19-27-39(37)40/h10-27,40-45H,6-9,28-33H2,1-5H3/t41-,42+,43+,44-,45?/m1/s1. The lowest BCUT2D eigenvalue weighted by atomic mass is 9.95. The monoisotopic (exact) mass is 858 g/mol.